The Morgan fingerprint density at radius 3 is 2.80 bits per heavy atom. The number of aromatic nitrogens is 4. The van der Waals surface area contributed by atoms with Crippen molar-refractivity contribution in [3.05, 3.63) is 53.7 Å². The number of halogens is 1. The van der Waals surface area contributed by atoms with Crippen LogP contribution in [0.3, 0.4) is 0 Å². The number of nitrogens with zero attached hydrogens (tertiary/aromatic N) is 4. The summed E-state index contributed by atoms with van der Waals surface area (Å²) >= 11 is 6.06. The molecule has 0 aliphatic heterocycles. The maximum atomic E-state index is 11.7. The molecule has 3 rings (SSSR count). The van der Waals surface area contributed by atoms with E-state index in [4.69, 9.17) is 16.3 Å². The van der Waals surface area contributed by atoms with E-state index in [2.05, 4.69) is 15.0 Å². The molecule has 0 spiro atoms. The second-order valence-electron chi connectivity index (χ2n) is 5.88. The first-order valence-corrected chi connectivity index (χ1v) is 8.47. The molecule has 2 aromatic heterocycles. The van der Waals surface area contributed by atoms with Gasteiger partial charge >= 0.3 is 0 Å². The molecule has 7 heteroatoms. The first-order valence-electron chi connectivity index (χ1n) is 8.09. The van der Waals surface area contributed by atoms with Gasteiger partial charge in [-0.05, 0) is 18.9 Å². The van der Waals surface area contributed by atoms with Gasteiger partial charge in [0.25, 0.3) is 0 Å². The summed E-state index contributed by atoms with van der Waals surface area (Å²) in [5.74, 6) is 0.107. The first-order chi connectivity index (χ1) is 12.1. The maximum absolute atomic E-state index is 11.7. The summed E-state index contributed by atoms with van der Waals surface area (Å²) in [6.45, 7) is 2.66. The Labute approximate surface area is 150 Å². The SMILES string of the molecule is CC(=O)CC(CCOCc1ccccc1)n1cnc2c(Cl)ncnc21. The summed E-state index contributed by atoms with van der Waals surface area (Å²) < 4.78 is 7.65. The Morgan fingerprint density at radius 1 is 1.24 bits per heavy atom. The van der Waals surface area contributed by atoms with E-state index in [1.165, 1.54) is 6.33 Å². The summed E-state index contributed by atoms with van der Waals surface area (Å²) in [5.41, 5.74) is 2.30. The molecule has 1 unspecified atom stereocenters. The van der Waals surface area contributed by atoms with Gasteiger partial charge < -0.3 is 9.30 Å². The number of hydrogen-bond acceptors (Lipinski definition) is 5. The number of rotatable bonds is 8. The van der Waals surface area contributed by atoms with Crippen LogP contribution in [0.4, 0.5) is 0 Å². The molecule has 1 aromatic carbocycles. The van der Waals surface area contributed by atoms with Crippen molar-refractivity contribution in [2.24, 2.45) is 0 Å². The topological polar surface area (TPSA) is 69.9 Å². The Kier molecular flexibility index (Phi) is 5.73. The number of ketones is 1. The predicted molar refractivity (Wildman–Crippen MR) is 95.4 cm³/mol. The minimum atomic E-state index is -0.0794. The van der Waals surface area contributed by atoms with Crippen LogP contribution in [0.1, 0.15) is 31.4 Å². The van der Waals surface area contributed by atoms with E-state index in [-0.39, 0.29) is 11.8 Å². The zero-order chi connectivity index (χ0) is 17.6. The van der Waals surface area contributed by atoms with Crippen molar-refractivity contribution in [1.29, 1.82) is 0 Å². The number of ether oxygens (including phenoxy) is 1. The summed E-state index contributed by atoms with van der Waals surface area (Å²) in [6.07, 6.45) is 4.14. The molecule has 2 heterocycles. The third kappa shape index (κ3) is 4.41. The van der Waals surface area contributed by atoms with Crippen LogP contribution in [-0.2, 0) is 16.1 Å². The van der Waals surface area contributed by atoms with Gasteiger partial charge in [-0.2, -0.15) is 0 Å². The Balaban J connectivity index is 1.69. The van der Waals surface area contributed by atoms with Crippen LogP contribution in [-0.4, -0.2) is 31.9 Å². The average molecular weight is 359 g/mol. The number of benzene rings is 1. The highest BCUT2D eigenvalue weighted by Crippen LogP contribution is 2.24. The molecule has 0 radical (unpaired) electrons. The Bertz CT molecular complexity index is 851. The lowest BCUT2D eigenvalue weighted by Gasteiger charge is -2.18. The van der Waals surface area contributed by atoms with Crippen molar-refractivity contribution in [3.8, 4) is 0 Å². The van der Waals surface area contributed by atoms with Crippen LogP contribution in [0.5, 0.6) is 0 Å². The second kappa shape index (κ2) is 8.18. The van der Waals surface area contributed by atoms with Gasteiger partial charge in [0.1, 0.15) is 17.6 Å². The van der Waals surface area contributed by atoms with Gasteiger partial charge in [0.05, 0.1) is 12.9 Å². The summed E-state index contributed by atoms with van der Waals surface area (Å²) in [6, 6.07) is 9.91. The van der Waals surface area contributed by atoms with Crippen molar-refractivity contribution in [1.82, 2.24) is 19.5 Å². The van der Waals surface area contributed by atoms with Gasteiger partial charge in [0, 0.05) is 19.1 Å². The maximum Gasteiger partial charge on any atom is 0.165 e. The van der Waals surface area contributed by atoms with Crippen molar-refractivity contribution in [3.63, 3.8) is 0 Å². The van der Waals surface area contributed by atoms with Crippen molar-refractivity contribution < 1.29 is 9.53 Å². The number of fused-ring (bicyclic) bond motifs is 1. The molecule has 0 amide bonds. The van der Waals surface area contributed by atoms with E-state index in [1.807, 2.05) is 34.9 Å². The normalized spacial score (nSPS) is 12.4. The van der Waals surface area contributed by atoms with Gasteiger partial charge in [-0.15, -0.1) is 0 Å². The lowest BCUT2D eigenvalue weighted by molar-refractivity contribution is -0.117. The van der Waals surface area contributed by atoms with E-state index in [9.17, 15) is 4.79 Å². The van der Waals surface area contributed by atoms with Crippen molar-refractivity contribution >= 4 is 28.5 Å². The van der Waals surface area contributed by atoms with Crippen molar-refractivity contribution in [2.45, 2.75) is 32.4 Å². The molecule has 25 heavy (non-hydrogen) atoms. The molecule has 0 aliphatic carbocycles. The highest BCUT2D eigenvalue weighted by atomic mass is 35.5. The number of Topliss-reactive ketones (excluding diaryl/α,β-unsaturated/α-hetero) is 1. The van der Waals surface area contributed by atoms with Crippen LogP contribution in [0, 0.1) is 0 Å². The first kappa shape index (κ1) is 17.5. The van der Waals surface area contributed by atoms with Crippen LogP contribution in [0.2, 0.25) is 5.15 Å². The third-order valence-corrected chi connectivity index (χ3v) is 4.21. The highest BCUT2D eigenvalue weighted by molar-refractivity contribution is 6.33. The minimum Gasteiger partial charge on any atom is -0.377 e. The number of carbonyl (C=O) groups excluding carboxylic acids is 1. The van der Waals surface area contributed by atoms with Crippen molar-refractivity contribution in [2.75, 3.05) is 6.61 Å². The fraction of sp³-hybridized carbons (Fsp3) is 0.333. The monoisotopic (exact) mass is 358 g/mol. The Morgan fingerprint density at radius 2 is 2.04 bits per heavy atom. The van der Waals surface area contributed by atoms with E-state index in [0.29, 0.717) is 42.4 Å². The second-order valence-corrected chi connectivity index (χ2v) is 6.23. The smallest absolute Gasteiger partial charge is 0.165 e. The van der Waals surface area contributed by atoms with Gasteiger partial charge in [-0.1, -0.05) is 41.9 Å². The van der Waals surface area contributed by atoms with Gasteiger partial charge in [0.15, 0.2) is 10.8 Å². The molecule has 0 saturated carbocycles. The molecule has 6 nitrogen and oxygen atoms in total. The molecular weight excluding hydrogens is 340 g/mol. The summed E-state index contributed by atoms with van der Waals surface area (Å²) in [5, 5.41) is 0.311. The van der Waals surface area contributed by atoms with Crippen LogP contribution >= 0.6 is 11.6 Å². The predicted octanol–water partition coefficient (Wildman–Crippen LogP) is 3.61. The largest absolute Gasteiger partial charge is 0.377 e. The fourth-order valence-corrected chi connectivity index (χ4v) is 2.92. The number of carbonyl (C=O) groups is 1. The van der Waals surface area contributed by atoms with Crippen LogP contribution in [0.15, 0.2) is 43.0 Å². The number of imidazole rings is 1. The molecule has 0 N–H and O–H groups in total. The summed E-state index contributed by atoms with van der Waals surface area (Å²) in [4.78, 5) is 24.1. The van der Waals surface area contributed by atoms with E-state index >= 15 is 0 Å². The molecule has 1 atom stereocenters. The lowest BCUT2D eigenvalue weighted by Crippen LogP contribution is -2.15. The zero-order valence-corrected chi connectivity index (χ0v) is 14.7. The molecule has 3 aromatic rings. The van der Waals surface area contributed by atoms with Crippen LogP contribution < -0.4 is 0 Å². The molecule has 0 fully saturated rings. The van der Waals surface area contributed by atoms with Gasteiger partial charge in [-0.25, -0.2) is 15.0 Å². The van der Waals surface area contributed by atoms with Gasteiger partial charge in [-0.3, -0.25) is 4.79 Å². The van der Waals surface area contributed by atoms with E-state index in [0.717, 1.165) is 5.56 Å². The number of hydrogen-bond donors (Lipinski definition) is 0. The zero-order valence-electron chi connectivity index (χ0n) is 13.9. The minimum absolute atomic E-state index is 0.0794. The van der Waals surface area contributed by atoms with E-state index < -0.39 is 0 Å². The average Bonchev–Trinajstić information content (AvgIpc) is 3.04. The quantitative estimate of drug-likeness (QED) is 0.454. The van der Waals surface area contributed by atoms with Crippen LogP contribution in [0.25, 0.3) is 11.2 Å². The molecular formula is C18H19ClN4O2. The molecule has 0 bridgehead atoms. The third-order valence-electron chi connectivity index (χ3n) is 3.94. The highest BCUT2D eigenvalue weighted by Gasteiger charge is 2.18. The molecule has 0 aliphatic rings. The summed E-state index contributed by atoms with van der Waals surface area (Å²) in [7, 11) is 0. The standard InChI is InChI=1S/C18H19ClN4O2/c1-13(24)9-15(7-8-25-10-14-5-3-2-4-6-14)23-12-22-16-17(19)20-11-21-18(16)23/h2-6,11-12,15H,7-10H2,1H3. The molecule has 130 valence electrons. The Hall–Kier alpha value is -2.31. The fourth-order valence-electron chi connectivity index (χ4n) is 2.75. The molecule has 0 saturated heterocycles. The van der Waals surface area contributed by atoms with E-state index in [1.54, 1.807) is 13.3 Å². The lowest BCUT2D eigenvalue weighted by atomic mass is 10.1. The van der Waals surface area contributed by atoms with Gasteiger partial charge in [0.2, 0.25) is 0 Å².